The molecule has 3 aliphatic heterocycles. The second-order valence-electron chi connectivity index (χ2n) is 20.2. The van der Waals surface area contributed by atoms with Crippen LogP contribution < -0.4 is 13.7 Å². The molecule has 10 aromatic rings. The molecule has 2 atom stereocenters. The van der Waals surface area contributed by atoms with Gasteiger partial charge in [-0.15, -0.1) is 0 Å². The molecule has 0 unspecified atom stereocenters. The fourth-order valence-corrected chi connectivity index (χ4v) is 10.4. The molecule has 0 aliphatic carbocycles. The third-order valence-corrected chi connectivity index (χ3v) is 13.8. The highest BCUT2D eigenvalue weighted by molar-refractivity contribution is 6.11. The average molecular weight is 911 g/mol. The molecule has 0 spiro atoms. The molecular formula is C64H57N4O+. The summed E-state index contributed by atoms with van der Waals surface area (Å²) in [6.45, 7) is 12.1. The van der Waals surface area contributed by atoms with E-state index in [-0.39, 0.29) is 50.1 Å². The molecule has 5 nitrogen and oxygen atoms in total. The van der Waals surface area contributed by atoms with Gasteiger partial charge in [0.1, 0.15) is 28.7 Å². The first-order valence-electron chi connectivity index (χ1n) is 29.7. The van der Waals surface area contributed by atoms with Gasteiger partial charge in [-0.3, -0.25) is 13.5 Å². The first-order chi connectivity index (χ1) is 38.7. The fraction of sp³-hybridized carbons (Fsp3) is 0.156. The number of pyridine rings is 1. The summed E-state index contributed by atoms with van der Waals surface area (Å²) in [5.41, 5.74) is 6.99. The number of quaternary nitrogens is 2. The Morgan fingerprint density at radius 1 is 0.565 bits per heavy atom. The van der Waals surface area contributed by atoms with E-state index in [1.807, 2.05) is 67.5 Å². The summed E-state index contributed by atoms with van der Waals surface area (Å²) in [6, 6.07) is 37.0. The molecule has 5 heterocycles. The van der Waals surface area contributed by atoms with Gasteiger partial charge in [-0.25, -0.2) is 4.98 Å². The summed E-state index contributed by atoms with van der Waals surface area (Å²) in [4.78, 5) is 4.94. The van der Waals surface area contributed by atoms with Gasteiger partial charge in [0.05, 0.1) is 31.4 Å². The molecule has 2 aromatic heterocycles. The van der Waals surface area contributed by atoms with Gasteiger partial charge < -0.3 is 4.74 Å². The van der Waals surface area contributed by atoms with Gasteiger partial charge in [0.15, 0.2) is 18.0 Å². The van der Waals surface area contributed by atoms with Crippen LogP contribution in [0.25, 0.3) is 61.0 Å². The number of aromatic nitrogens is 2. The number of rotatable bonds is 8. The number of ether oxygens (including phenoxy) is 1. The Kier molecular flexibility index (Phi) is 7.01. The van der Waals surface area contributed by atoms with Crippen molar-refractivity contribution in [2.75, 3.05) is 6.67 Å². The maximum atomic E-state index is 9.27. The van der Waals surface area contributed by atoms with E-state index in [1.54, 1.807) is 24.3 Å². The normalized spacial score (nSPS) is 20.3. The van der Waals surface area contributed by atoms with E-state index < -0.39 is 77.2 Å². The number of para-hydroxylation sites is 2. The van der Waals surface area contributed by atoms with Crippen LogP contribution in [0, 0.1) is 13.5 Å². The van der Waals surface area contributed by atoms with Crippen LogP contribution in [-0.2, 0) is 10.8 Å². The topological polar surface area (TPSA) is 27.1 Å². The summed E-state index contributed by atoms with van der Waals surface area (Å²) in [7, 11) is 0. The van der Waals surface area contributed by atoms with E-state index in [0.717, 1.165) is 49.9 Å². The minimum Gasteiger partial charge on any atom is -0.457 e. The molecule has 0 amide bonds. The Bertz CT molecular complexity index is 4200. The Morgan fingerprint density at radius 3 is 1.94 bits per heavy atom. The highest BCUT2D eigenvalue weighted by atomic mass is 16.5. The van der Waals surface area contributed by atoms with Crippen molar-refractivity contribution in [2.45, 2.75) is 59.2 Å². The predicted octanol–water partition coefficient (Wildman–Crippen LogP) is 17.3. The molecule has 0 N–H and O–H groups in total. The van der Waals surface area contributed by atoms with E-state index >= 15 is 0 Å². The zero-order valence-electron chi connectivity index (χ0n) is 52.3. The monoisotopic (exact) mass is 911 g/mol. The van der Waals surface area contributed by atoms with E-state index in [0.29, 0.717) is 28.6 Å². The van der Waals surface area contributed by atoms with Gasteiger partial charge >= 0.3 is 0 Å². The van der Waals surface area contributed by atoms with Crippen LogP contribution >= 0.6 is 0 Å². The Morgan fingerprint density at radius 2 is 1.26 bits per heavy atom. The summed E-state index contributed by atoms with van der Waals surface area (Å²) in [5, 5.41) is 2.04. The summed E-state index contributed by atoms with van der Waals surface area (Å²) in [5.74, 6) is 1.80. The van der Waals surface area contributed by atoms with Gasteiger partial charge in [-0.05, 0) is 106 Å². The lowest BCUT2D eigenvalue weighted by Crippen LogP contribution is -2.67. The first kappa shape index (κ1) is 30.7. The number of hydrogen-bond acceptors (Lipinski definition) is 2. The van der Waals surface area contributed by atoms with Crippen molar-refractivity contribution in [2.24, 2.45) is 0 Å². The lowest BCUT2D eigenvalue weighted by molar-refractivity contribution is 0.187. The van der Waals surface area contributed by atoms with Gasteiger partial charge in [0.2, 0.25) is 0 Å². The molecular weight excluding hydrogens is 841 g/mol. The third-order valence-electron chi connectivity index (χ3n) is 13.8. The Labute approximate surface area is 424 Å². The summed E-state index contributed by atoms with van der Waals surface area (Å²) < 4.78 is 125. The van der Waals surface area contributed by atoms with Gasteiger partial charge in [0, 0.05) is 62.0 Å². The quantitative estimate of drug-likeness (QED) is 0.112. The molecule has 5 heteroatoms. The maximum Gasteiger partial charge on any atom is 0.186 e. The second-order valence-corrected chi connectivity index (χ2v) is 20.2. The molecule has 0 saturated carbocycles. The van der Waals surface area contributed by atoms with Crippen molar-refractivity contribution < 1.29 is 22.6 Å². The molecule has 13 rings (SSSR count). The Balaban J connectivity index is 1.07. The van der Waals surface area contributed by atoms with Crippen LogP contribution in [0.4, 0.5) is 22.7 Å². The number of benzene rings is 8. The molecule has 1 fully saturated rings. The van der Waals surface area contributed by atoms with Crippen LogP contribution in [0.1, 0.15) is 76.1 Å². The minimum atomic E-state index is -2.72. The number of hydrogen-bond donors (Lipinski definition) is 0. The standard InChI is InChI=1S/C64H57N4O/c1-43-19-17-28-59-61(43)68(62-53(45-22-13-9-14-23-45)26-18-27-54(62)46-24-15-10-16-25-46)41-67(59,42-68)50-36-49(64(5,6)7)37-52(39-50)69-51-30-31-55-56-35-47(44-20-11-8-12-21-44)29-32-57(56)66(58(55)40-51)60-38-48(33-34-65-60)63(2,3)4/h8-41H,42H2,1-7H3/q+1/t67-,68-/m1/s1/i1D3,9D,10D,13D,14D,15D,16D,22D,23D,24D,25D. The number of fused-ring (bicyclic) bond motifs is 3. The zero-order chi connectivity index (χ0) is 58.5. The van der Waals surface area contributed by atoms with E-state index in [2.05, 4.69) is 94.6 Å². The van der Waals surface area contributed by atoms with Gasteiger partial charge in [-0.1, -0.05) is 157 Å². The summed E-state index contributed by atoms with van der Waals surface area (Å²) >= 11 is 0. The molecule has 3 aliphatic rings. The molecule has 69 heavy (non-hydrogen) atoms. The molecule has 338 valence electrons. The second kappa shape index (κ2) is 15.7. The summed E-state index contributed by atoms with van der Waals surface area (Å²) in [6.07, 6.45) is 1.85. The smallest absolute Gasteiger partial charge is 0.186 e. The predicted molar refractivity (Wildman–Crippen MR) is 288 cm³/mol. The first-order valence-corrected chi connectivity index (χ1v) is 23.2. The highest BCUT2D eigenvalue weighted by Crippen LogP contribution is 2.68. The minimum absolute atomic E-state index is 0.0211. The van der Waals surface area contributed by atoms with E-state index in [1.165, 1.54) is 6.07 Å². The van der Waals surface area contributed by atoms with Crippen LogP contribution in [-0.4, -0.2) is 16.2 Å². The van der Waals surface area contributed by atoms with E-state index in [9.17, 15) is 5.48 Å². The largest absolute Gasteiger partial charge is 0.457 e. The van der Waals surface area contributed by atoms with Gasteiger partial charge in [-0.2, -0.15) is 0 Å². The fourth-order valence-electron chi connectivity index (χ4n) is 10.4. The van der Waals surface area contributed by atoms with E-state index in [4.69, 9.17) is 22.1 Å². The SMILES string of the molecule is [2H]c1c([2H])c([2H])c(-c2cccc(-c3c([2H])c([2H])c([2H])c([2H])c3[2H])c2[N@+]23[CH-][N@+](c4cc(Oc5ccc6c7cc(-c8ccccc8)ccc7n(-c7cc(C(C)(C)C)ccn7)c6c5)cc(C(C)(C)C)c4)(C2)c2cccc(C([2H])([2H])[2H])c23)c([2H])c1[2H]. The number of aryl methyl sites for hydroxylation is 1. The molecule has 1 saturated heterocycles. The molecule has 0 radical (unpaired) electrons. The highest BCUT2D eigenvalue weighted by Gasteiger charge is 2.64. The van der Waals surface area contributed by atoms with Crippen molar-refractivity contribution in [3.05, 3.63) is 223 Å². The van der Waals surface area contributed by atoms with Crippen LogP contribution in [0.5, 0.6) is 11.5 Å². The molecule has 2 bridgehead atoms. The van der Waals surface area contributed by atoms with Crippen LogP contribution in [0.15, 0.2) is 200 Å². The van der Waals surface area contributed by atoms with Crippen molar-refractivity contribution in [1.82, 2.24) is 18.5 Å². The van der Waals surface area contributed by atoms with Crippen LogP contribution in [0.3, 0.4) is 0 Å². The Hall–Kier alpha value is -7.57. The van der Waals surface area contributed by atoms with Crippen molar-refractivity contribution in [3.63, 3.8) is 0 Å². The molecule has 8 aromatic carbocycles. The van der Waals surface area contributed by atoms with Crippen molar-refractivity contribution in [3.8, 4) is 50.7 Å². The van der Waals surface area contributed by atoms with Crippen molar-refractivity contribution >= 4 is 44.6 Å². The number of nitrogens with zero attached hydrogens (tertiary/aromatic N) is 4. The maximum absolute atomic E-state index is 9.27. The lowest BCUT2D eigenvalue weighted by Gasteiger charge is -2.57. The lowest BCUT2D eigenvalue weighted by atomic mass is 9.86. The van der Waals surface area contributed by atoms with Crippen LogP contribution in [0.2, 0.25) is 0 Å². The van der Waals surface area contributed by atoms with Gasteiger partial charge in [0.25, 0.3) is 0 Å². The third kappa shape index (κ3) is 6.94. The average Bonchev–Trinajstić information content (AvgIpc) is 1.68. The van der Waals surface area contributed by atoms with Crippen molar-refractivity contribution in [1.29, 1.82) is 0 Å². The zero-order valence-corrected chi connectivity index (χ0v) is 39.3.